The molecule has 0 saturated heterocycles. The van der Waals surface area contributed by atoms with Gasteiger partial charge in [0.25, 0.3) is 0 Å². The third-order valence-electron chi connectivity index (χ3n) is 2.99. The van der Waals surface area contributed by atoms with Crippen molar-refractivity contribution < 1.29 is 42.2 Å². The van der Waals surface area contributed by atoms with Gasteiger partial charge in [0.2, 0.25) is 0 Å². The number of allylic oxidation sites excluding steroid dienone is 3. The van der Waals surface area contributed by atoms with Gasteiger partial charge in [0.05, 0.1) is 0 Å². The minimum absolute atomic E-state index is 0. The monoisotopic (exact) mass is 423 g/mol. The van der Waals surface area contributed by atoms with Crippen molar-refractivity contribution >= 4 is 21.6 Å². The van der Waals surface area contributed by atoms with Gasteiger partial charge in [-0.1, -0.05) is 22.3 Å². The molecule has 0 unspecified atom stereocenters. The molecule has 0 atom stereocenters. The van der Waals surface area contributed by atoms with E-state index in [1.807, 2.05) is 30.3 Å². The first-order valence-corrected chi connectivity index (χ1v) is 7.14. The van der Waals surface area contributed by atoms with Gasteiger partial charge < -0.3 is 14.4 Å². The summed E-state index contributed by atoms with van der Waals surface area (Å²) < 4.78 is 11.2. The van der Waals surface area contributed by atoms with Crippen LogP contribution in [0.15, 0.2) is 47.1 Å². The van der Waals surface area contributed by atoms with Crippen LogP contribution in [0.1, 0.15) is 12.5 Å². The summed E-state index contributed by atoms with van der Waals surface area (Å²) in [6.45, 7) is 7.27. The Morgan fingerprint density at radius 1 is 1.29 bits per heavy atom. The van der Waals surface area contributed by atoms with E-state index in [1.54, 1.807) is 7.11 Å². The second-order valence-corrected chi connectivity index (χ2v) is 5.11. The number of likely N-dealkylation sites (N-methyl/N-ethyl adjacent to an activating group) is 1. The second kappa shape index (κ2) is 8.89. The predicted molar refractivity (Wildman–Crippen MR) is 84.1 cm³/mol. The molecule has 1 aromatic rings. The number of benzene rings is 1. The summed E-state index contributed by atoms with van der Waals surface area (Å²) in [6, 6.07) is 7.87. The number of nitrogens with zero attached hydrogens (tertiary/aromatic N) is 1. The summed E-state index contributed by atoms with van der Waals surface area (Å²) in [6.07, 6.45) is 5.19. The maximum absolute atomic E-state index is 5.39. The summed E-state index contributed by atoms with van der Waals surface area (Å²) in [5, 5.41) is 0. The maximum atomic E-state index is 5.39. The van der Waals surface area contributed by atoms with Gasteiger partial charge in [-0.2, -0.15) is 12.2 Å². The Labute approximate surface area is 159 Å². The van der Waals surface area contributed by atoms with Crippen LogP contribution in [0.5, 0.6) is 5.75 Å². The van der Waals surface area contributed by atoms with Crippen molar-refractivity contribution in [2.24, 2.45) is 0 Å². The van der Waals surface area contributed by atoms with Crippen molar-refractivity contribution in [2.75, 3.05) is 20.4 Å². The maximum Gasteiger partial charge on any atom is 0.188 e. The molecule has 1 heterocycles. The van der Waals surface area contributed by atoms with Gasteiger partial charge in [-0.3, -0.25) is 0 Å². The number of hydrogen-bond donors (Lipinski definition) is 0. The van der Waals surface area contributed by atoms with Gasteiger partial charge in [-0.15, -0.1) is 28.1 Å². The van der Waals surface area contributed by atoms with Crippen LogP contribution in [-0.4, -0.2) is 25.3 Å². The molecule has 0 bridgehead atoms. The molecule has 5 heteroatoms. The van der Waals surface area contributed by atoms with Crippen LogP contribution in [0.25, 0.3) is 5.70 Å². The van der Waals surface area contributed by atoms with Crippen LogP contribution in [0.4, 0.5) is 0 Å². The molecule has 0 aliphatic carbocycles. The molecule has 2 rings (SSSR count). The largest absolute Gasteiger partial charge is 0.468 e. The van der Waals surface area contributed by atoms with Gasteiger partial charge in [0, 0.05) is 46.4 Å². The average Bonchev–Trinajstić information content (AvgIpc) is 2.48. The van der Waals surface area contributed by atoms with E-state index >= 15 is 0 Å². The zero-order valence-corrected chi connectivity index (χ0v) is 16.7. The first-order chi connectivity index (χ1) is 9.67. The van der Waals surface area contributed by atoms with Crippen LogP contribution < -0.4 is 4.74 Å². The Balaban J connectivity index is 0.00000220. The van der Waals surface area contributed by atoms with Crippen LogP contribution in [0.3, 0.4) is 0 Å². The molecule has 1 aliphatic heterocycles. The van der Waals surface area contributed by atoms with Crippen LogP contribution in [0, 0.1) is 6.08 Å². The molecule has 0 spiro atoms. The van der Waals surface area contributed by atoms with Crippen LogP contribution >= 0.6 is 15.9 Å². The Morgan fingerprint density at radius 3 is 2.52 bits per heavy atom. The quantitative estimate of drug-likeness (QED) is 0.528. The summed E-state index contributed by atoms with van der Waals surface area (Å²) in [5.74, 6) is 0.783. The van der Waals surface area contributed by atoms with Crippen molar-refractivity contribution in [3.05, 3.63) is 58.7 Å². The van der Waals surface area contributed by atoms with E-state index in [4.69, 9.17) is 9.47 Å². The molecule has 1 aromatic carbocycles. The van der Waals surface area contributed by atoms with Crippen molar-refractivity contribution in [3.8, 4) is 5.75 Å². The van der Waals surface area contributed by atoms with Gasteiger partial charge >= 0.3 is 0 Å². The van der Waals surface area contributed by atoms with E-state index in [1.165, 1.54) is 0 Å². The van der Waals surface area contributed by atoms with E-state index in [0.29, 0.717) is 0 Å². The molecule has 0 aromatic heterocycles. The number of methoxy groups -OCH3 is 1. The predicted octanol–water partition coefficient (Wildman–Crippen LogP) is 3.94. The Kier molecular flexibility index (Phi) is 7.89. The summed E-state index contributed by atoms with van der Waals surface area (Å²) in [5.41, 5.74) is 3.04. The van der Waals surface area contributed by atoms with Gasteiger partial charge in [0.1, 0.15) is 5.75 Å². The molecule has 0 saturated carbocycles. The van der Waals surface area contributed by atoms with E-state index < -0.39 is 0 Å². The van der Waals surface area contributed by atoms with E-state index in [9.17, 15) is 0 Å². The van der Waals surface area contributed by atoms with Crippen molar-refractivity contribution in [1.82, 2.24) is 4.90 Å². The summed E-state index contributed by atoms with van der Waals surface area (Å²) in [7, 11) is 1.60. The Hall–Kier alpha value is -0.416. The van der Waals surface area contributed by atoms with E-state index in [2.05, 4.69) is 40.4 Å². The Bertz CT molecular complexity index is 552. The molecule has 0 amide bonds. The summed E-state index contributed by atoms with van der Waals surface area (Å²) in [4.78, 5) is 2.12. The number of rotatable bonds is 5. The molecule has 3 nitrogen and oxygen atoms in total. The topological polar surface area (TPSA) is 21.7 Å². The van der Waals surface area contributed by atoms with E-state index in [0.717, 1.165) is 33.7 Å². The molecule has 0 fully saturated rings. The average molecular weight is 424 g/mol. The normalized spacial score (nSPS) is 14.2. The third kappa shape index (κ3) is 4.52. The Morgan fingerprint density at radius 2 is 1.95 bits per heavy atom. The van der Waals surface area contributed by atoms with Crippen molar-refractivity contribution in [1.29, 1.82) is 0 Å². The SMILES string of the molecule is C=C1C(Br)=C[C-]=C(c2ccc(OCOC)cc2)N1CC.[Y]. The smallest absolute Gasteiger partial charge is 0.188 e. The first kappa shape index (κ1) is 18.6. The van der Waals surface area contributed by atoms with Crippen LogP contribution in [-0.2, 0) is 37.4 Å². The minimum atomic E-state index is 0. The molecule has 1 radical (unpaired) electrons. The fraction of sp³-hybridized carbons (Fsp3) is 0.250. The summed E-state index contributed by atoms with van der Waals surface area (Å²) >= 11 is 3.49. The fourth-order valence-corrected chi connectivity index (χ4v) is 2.31. The van der Waals surface area contributed by atoms with Crippen LogP contribution in [0.2, 0.25) is 0 Å². The zero-order valence-electron chi connectivity index (χ0n) is 12.2. The van der Waals surface area contributed by atoms with E-state index in [-0.39, 0.29) is 39.5 Å². The molecular weight excluding hydrogens is 407 g/mol. The molecule has 109 valence electrons. The molecule has 0 N–H and O–H groups in total. The molecule has 1 aliphatic rings. The number of ether oxygens (including phenoxy) is 2. The van der Waals surface area contributed by atoms with Crippen molar-refractivity contribution in [2.45, 2.75) is 6.92 Å². The van der Waals surface area contributed by atoms with Gasteiger partial charge in [-0.05, 0) is 24.8 Å². The fourth-order valence-electron chi connectivity index (χ4n) is 1.98. The standard InChI is InChI=1S/C16H17BrNO2.Y/c1-4-18-12(2)15(17)9-10-16(18)13-5-7-14(8-6-13)20-11-19-3;/h5-9H,2,4,11H2,1,3H3;/q-1;. The number of hydrogen-bond acceptors (Lipinski definition) is 3. The van der Waals surface area contributed by atoms with Crippen molar-refractivity contribution in [3.63, 3.8) is 0 Å². The minimum Gasteiger partial charge on any atom is -0.468 e. The second-order valence-electron chi connectivity index (χ2n) is 4.25. The number of halogens is 1. The van der Waals surface area contributed by atoms with Gasteiger partial charge in [-0.25, -0.2) is 0 Å². The molecular formula is C16H17BrNO2Y-. The third-order valence-corrected chi connectivity index (χ3v) is 3.68. The molecule has 21 heavy (non-hydrogen) atoms. The zero-order chi connectivity index (χ0) is 14.5. The first-order valence-electron chi connectivity index (χ1n) is 6.35. The van der Waals surface area contributed by atoms with Gasteiger partial charge in [0.15, 0.2) is 6.79 Å².